The molecule has 27 heavy (non-hydrogen) atoms. The van der Waals surface area contributed by atoms with Gasteiger partial charge in [0, 0.05) is 23.7 Å². The van der Waals surface area contributed by atoms with Gasteiger partial charge in [0.05, 0.1) is 6.54 Å². The molecule has 2 aliphatic rings. The van der Waals surface area contributed by atoms with E-state index in [1.165, 1.54) is 6.42 Å². The van der Waals surface area contributed by atoms with Gasteiger partial charge in [0.2, 0.25) is 5.91 Å². The van der Waals surface area contributed by atoms with Gasteiger partial charge in [0.15, 0.2) is 0 Å². The fourth-order valence-electron chi connectivity index (χ4n) is 4.42. The first-order valence-electron chi connectivity index (χ1n) is 10.0. The summed E-state index contributed by atoms with van der Waals surface area (Å²) in [5, 5.41) is 11.6. The zero-order valence-corrected chi connectivity index (χ0v) is 17.1. The molecular weight excluding hydrogens is 364 g/mol. The summed E-state index contributed by atoms with van der Waals surface area (Å²) in [5.74, 6) is 0.829. The molecule has 0 saturated carbocycles. The van der Waals surface area contributed by atoms with Gasteiger partial charge >= 0.3 is 0 Å². The van der Waals surface area contributed by atoms with Crippen molar-refractivity contribution < 1.29 is 14.6 Å². The molecule has 1 aromatic rings. The fraction of sp³-hybridized carbons (Fsp3) is 0.667. The van der Waals surface area contributed by atoms with Crippen LogP contribution in [0.25, 0.3) is 0 Å². The molecule has 0 radical (unpaired) electrons. The molecule has 3 rings (SSSR count). The predicted octanol–water partition coefficient (Wildman–Crippen LogP) is 3.34. The van der Waals surface area contributed by atoms with E-state index in [1.807, 2.05) is 17.0 Å². The third-order valence-electron chi connectivity index (χ3n) is 5.78. The Labute approximate surface area is 167 Å². The van der Waals surface area contributed by atoms with Crippen molar-refractivity contribution in [3.05, 3.63) is 29.3 Å². The predicted molar refractivity (Wildman–Crippen MR) is 107 cm³/mol. The van der Waals surface area contributed by atoms with Crippen LogP contribution in [-0.4, -0.2) is 64.7 Å². The van der Waals surface area contributed by atoms with Crippen molar-refractivity contribution in [3.8, 4) is 5.75 Å². The molecule has 2 heterocycles. The van der Waals surface area contributed by atoms with Crippen LogP contribution >= 0.6 is 11.6 Å². The SMILES string of the molecule is CC1CCCC(C)N1C(=O)CN1CCCC(O)(COc2cccc(Cl)c2)C1. The van der Waals surface area contributed by atoms with Gasteiger partial charge in [0.25, 0.3) is 0 Å². The summed E-state index contributed by atoms with van der Waals surface area (Å²) >= 11 is 5.99. The Morgan fingerprint density at radius 1 is 1.30 bits per heavy atom. The summed E-state index contributed by atoms with van der Waals surface area (Å²) in [6.07, 6.45) is 4.87. The number of benzene rings is 1. The maximum absolute atomic E-state index is 12.9. The minimum Gasteiger partial charge on any atom is -0.490 e. The van der Waals surface area contributed by atoms with Crippen molar-refractivity contribution in [2.24, 2.45) is 0 Å². The van der Waals surface area contributed by atoms with Crippen molar-refractivity contribution in [1.82, 2.24) is 9.80 Å². The zero-order valence-electron chi connectivity index (χ0n) is 16.4. The van der Waals surface area contributed by atoms with Crippen LogP contribution in [-0.2, 0) is 4.79 Å². The van der Waals surface area contributed by atoms with Gasteiger partial charge in [-0.25, -0.2) is 0 Å². The first-order valence-corrected chi connectivity index (χ1v) is 10.4. The third-order valence-corrected chi connectivity index (χ3v) is 6.01. The van der Waals surface area contributed by atoms with Crippen molar-refractivity contribution in [3.63, 3.8) is 0 Å². The van der Waals surface area contributed by atoms with Crippen LogP contribution in [0.5, 0.6) is 5.75 Å². The van der Waals surface area contributed by atoms with E-state index in [0.29, 0.717) is 42.4 Å². The number of likely N-dealkylation sites (tertiary alicyclic amines) is 2. The molecule has 1 aromatic carbocycles. The molecule has 0 spiro atoms. The van der Waals surface area contributed by atoms with Crippen LogP contribution in [0.2, 0.25) is 5.02 Å². The molecule has 1 amide bonds. The number of carbonyl (C=O) groups is 1. The minimum atomic E-state index is -0.944. The standard InChI is InChI=1S/C21H31ClN2O3/c1-16-6-3-7-17(2)24(16)20(25)13-23-11-5-10-21(26,14-23)15-27-19-9-4-8-18(22)12-19/h4,8-9,12,16-17,26H,3,5-7,10-11,13-15H2,1-2H3. The molecule has 150 valence electrons. The number of halogens is 1. The summed E-state index contributed by atoms with van der Waals surface area (Å²) in [7, 11) is 0. The molecule has 2 aliphatic heterocycles. The van der Waals surface area contributed by atoms with Crippen LogP contribution in [0.4, 0.5) is 0 Å². The number of amides is 1. The first kappa shape index (κ1) is 20.4. The maximum atomic E-state index is 12.9. The highest BCUT2D eigenvalue weighted by Crippen LogP contribution is 2.26. The van der Waals surface area contributed by atoms with Gasteiger partial charge < -0.3 is 14.7 Å². The van der Waals surface area contributed by atoms with Gasteiger partial charge in [-0.2, -0.15) is 0 Å². The molecule has 3 unspecified atom stereocenters. The molecule has 0 aliphatic carbocycles. The Morgan fingerprint density at radius 2 is 2.04 bits per heavy atom. The van der Waals surface area contributed by atoms with E-state index in [-0.39, 0.29) is 12.5 Å². The lowest BCUT2D eigenvalue weighted by atomic mass is 9.93. The van der Waals surface area contributed by atoms with Gasteiger partial charge in [0.1, 0.15) is 18.0 Å². The quantitative estimate of drug-likeness (QED) is 0.832. The number of hydrogen-bond donors (Lipinski definition) is 1. The average Bonchev–Trinajstić information content (AvgIpc) is 2.60. The van der Waals surface area contributed by atoms with E-state index in [2.05, 4.69) is 18.7 Å². The second-order valence-electron chi connectivity index (χ2n) is 8.21. The summed E-state index contributed by atoms with van der Waals surface area (Å²) in [6.45, 7) is 6.14. The molecule has 0 bridgehead atoms. The topological polar surface area (TPSA) is 53.0 Å². The Kier molecular flexibility index (Phi) is 6.66. The van der Waals surface area contributed by atoms with Gasteiger partial charge in [-0.15, -0.1) is 0 Å². The zero-order chi connectivity index (χ0) is 19.4. The lowest BCUT2D eigenvalue weighted by molar-refractivity contribution is -0.140. The maximum Gasteiger partial charge on any atom is 0.237 e. The number of aliphatic hydroxyl groups is 1. The van der Waals surface area contributed by atoms with Crippen molar-refractivity contribution >= 4 is 17.5 Å². The van der Waals surface area contributed by atoms with Gasteiger partial charge in [-0.05, 0) is 70.7 Å². The van der Waals surface area contributed by atoms with E-state index in [1.54, 1.807) is 12.1 Å². The summed E-state index contributed by atoms with van der Waals surface area (Å²) in [6, 6.07) is 7.80. The summed E-state index contributed by atoms with van der Waals surface area (Å²) in [5.41, 5.74) is -0.944. The lowest BCUT2D eigenvalue weighted by Crippen LogP contribution is -2.56. The fourth-order valence-corrected chi connectivity index (χ4v) is 4.60. The monoisotopic (exact) mass is 394 g/mol. The van der Waals surface area contributed by atoms with Gasteiger partial charge in [-0.1, -0.05) is 17.7 Å². The number of hydrogen-bond acceptors (Lipinski definition) is 4. The van der Waals surface area contributed by atoms with E-state index in [9.17, 15) is 9.90 Å². The Hall–Kier alpha value is -1.30. The number of piperidine rings is 2. The Bertz CT molecular complexity index is 646. The van der Waals surface area contributed by atoms with Crippen LogP contribution in [0.15, 0.2) is 24.3 Å². The molecule has 5 nitrogen and oxygen atoms in total. The number of β-amino-alcohol motifs (C(OH)–C–C–N with tert-alkyl or cyclic N) is 1. The second-order valence-corrected chi connectivity index (χ2v) is 8.65. The molecule has 0 aromatic heterocycles. The first-order chi connectivity index (χ1) is 12.9. The van der Waals surface area contributed by atoms with Crippen LogP contribution in [0, 0.1) is 0 Å². The largest absolute Gasteiger partial charge is 0.490 e. The van der Waals surface area contributed by atoms with Crippen LogP contribution in [0.1, 0.15) is 46.0 Å². The van der Waals surface area contributed by atoms with Gasteiger partial charge in [-0.3, -0.25) is 9.69 Å². The lowest BCUT2D eigenvalue weighted by Gasteiger charge is -2.42. The van der Waals surface area contributed by atoms with Crippen LogP contribution < -0.4 is 4.74 Å². The number of rotatable bonds is 5. The number of carbonyl (C=O) groups excluding carboxylic acids is 1. The van der Waals surface area contributed by atoms with E-state index in [4.69, 9.17) is 16.3 Å². The van der Waals surface area contributed by atoms with E-state index < -0.39 is 5.60 Å². The summed E-state index contributed by atoms with van der Waals surface area (Å²) in [4.78, 5) is 17.0. The summed E-state index contributed by atoms with van der Waals surface area (Å²) < 4.78 is 5.78. The van der Waals surface area contributed by atoms with E-state index >= 15 is 0 Å². The van der Waals surface area contributed by atoms with Crippen LogP contribution in [0.3, 0.4) is 0 Å². The molecular formula is C21H31ClN2O3. The third kappa shape index (κ3) is 5.37. The molecule has 1 N–H and O–H groups in total. The molecule has 2 fully saturated rings. The highest BCUT2D eigenvalue weighted by molar-refractivity contribution is 6.30. The minimum absolute atomic E-state index is 0.176. The smallest absolute Gasteiger partial charge is 0.237 e. The second kappa shape index (κ2) is 8.80. The van der Waals surface area contributed by atoms with Crippen molar-refractivity contribution in [2.45, 2.75) is 63.6 Å². The highest BCUT2D eigenvalue weighted by Gasteiger charge is 2.36. The highest BCUT2D eigenvalue weighted by atomic mass is 35.5. The molecule has 3 atom stereocenters. The Balaban J connectivity index is 1.55. The molecule has 6 heteroatoms. The normalized spacial score (nSPS) is 29.6. The van der Waals surface area contributed by atoms with Crippen molar-refractivity contribution in [2.75, 3.05) is 26.2 Å². The molecule has 2 saturated heterocycles. The number of ether oxygens (including phenoxy) is 1. The number of nitrogens with zero attached hydrogens (tertiary/aromatic N) is 2. The van der Waals surface area contributed by atoms with E-state index in [0.717, 1.165) is 25.8 Å². The van der Waals surface area contributed by atoms with Crippen molar-refractivity contribution in [1.29, 1.82) is 0 Å². The Morgan fingerprint density at radius 3 is 2.74 bits per heavy atom. The average molecular weight is 395 g/mol.